The Balaban J connectivity index is 2.64. The van der Waals surface area contributed by atoms with Crippen LogP contribution in [-0.2, 0) is 24.6 Å². The van der Waals surface area contributed by atoms with Gasteiger partial charge in [-0.2, -0.15) is 0 Å². The van der Waals surface area contributed by atoms with Gasteiger partial charge in [0.2, 0.25) is 0 Å². The van der Waals surface area contributed by atoms with Crippen LogP contribution in [0.3, 0.4) is 0 Å². The third kappa shape index (κ3) is 3.99. The first kappa shape index (κ1) is 19.3. The monoisotopic (exact) mass is 407 g/mol. The van der Waals surface area contributed by atoms with Crippen LogP contribution in [0.5, 0.6) is 0 Å². The number of hydrogen-bond donors (Lipinski definition) is 1. The Morgan fingerprint density at radius 1 is 1.20 bits per heavy atom. The van der Waals surface area contributed by atoms with Gasteiger partial charge < -0.3 is 4.74 Å². The average molecular weight is 407 g/mol. The maximum absolute atomic E-state index is 13.4. The molecule has 0 aliphatic rings. The Kier molecular flexibility index (Phi) is 5.21. The number of benzene rings is 1. The molecular weight excluding hydrogens is 393 g/mol. The third-order valence-electron chi connectivity index (χ3n) is 3.20. The topological polar surface area (TPSA) is 107 Å². The Bertz CT molecular complexity index is 1040. The van der Waals surface area contributed by atoms with Crippen molar-refractivity contribution in [2.75, 3.05) is 18.1 Å². The summed E-state index contributed by atoms with van der Waals surface area (Å²) in [6, 6.07) is 3.18. The number of sulfonamides is 1. The zero-order valence-corrected chi connectivity index (χ0v) is 15.8. The van der Waals surface area contributed by atoms with Crippen molar-refractivity contribution in [1.82, 2.24) is 0 Å². The third-order valence-corrected chi connectivity index (χ3v) is 6.93. The Morgan fingerprint density at radius 3 is 2.40 bits per heavy atom. The standard InChI is InChI=1S/C14H14FNO6S3/c1-8-4-5-9(15)6-10(8)25(20,21)16-12-11(24(3,18)19)7-23-13(12)14(17)22-2/h4-7,16H,1-3H3. The first-order chi connectivity index (χ1) is 11.5. The number of methoxy groups -OCH3 is 1. The van der Waals surface area contributed by atoms with Crippen LogP contribution in [0.15, 0.2) is 33.4 Å². The number of ether oxygens (including phenoxy) is 1. The van der Waals surface area contributed by atoms with Gasteiger partial charge in [-0.1, -0.05) is 6.07 Å². The Morgan fingerprint density at radius 2 is 1.84 bits per heavy atom. The summed E-state index contributed by atoms with van der Waals surface area (Å²) in [6.45, 7) is 1.46. The van der Waals surface area contributed by atoms with Gasteiger partial charge in [0.05, 0.1) is 17.7 Å². The second-order valence-electron chi connectivity index (χ2n) is 5.08. The zero-order chi connectivity index (χ0) is 19.0. The highest BCUT2D eigenvalue weighted by Gasteiger charge is 2.28. The smallest absolute Gasteiger partial charge is 0.350 e. The molecule has 0 aliphatic heterocycles. The molecule has 0 unspecified atom stereocenters. The number of carbonyl (C=O) groups is 1. The molecule has 7 nitrogen and oxygen atoms in total. The van der Waals surface area contributed by atoms with E-state index in [4.69, 9.17) is 0 Å². The quantitative estimate of drug-likeness (QED) is 0.762. The first-order valence-corrected chi connectivity index (χ1v) is 10.9. The van der Waals surface area contributed by atoms with E-state index in [1.54, 1.807) is 0 Å². The number of carbonyl (C=O) groups excluding carboxylic acids is 1. The lowest BCUT2D eigenvalue weighted by molar-refractivity contribution is 0.0607. The fourth-order valence-corrected chi connectivity index (χ4v) is 5.72. The predicted octanol–water partition coefficient (Wildman–Crippen LogP) is 2.19. The number of aryl methyl sites for hydroxylation is 1. The van der Waals surface area contributed by atoms with Crippen LogP contribution < -0.4 is 4.72 Å². The molecule has 1 N–H and O–H groups in total. The minimum Gasteiger partial charge on any atom is -0.465 e. The fraction of sp³-hybridized carbons (Fsp3) is 0.214. The highest BCUT2D eigenvalue weighted by atomic mass is 32.2. The maximum atomic E-state index is 13.4. The minimum absolute atomic E-state index is 0.222. The molecule has 1 aromatic carbocycles. The van der Waals surface area contributed by atoms with E-state index in [2.05, 4.69) is 9.46 Å². The molecule has 0 radical (unpaired) electrons. The van der Waals surface area contributed by atoms with Gasteiger partial charge in [-0.3, -0.25) is 4.72 Å². The van der Waals surface area contributed by atoms with Gasteiger partial charge in [0.1, 0.15) is 15.6 Å². The number of esters is 1. The molecule has 1 heterocycles. The molecule has 0 spiro atoms. The number of sulfone groups is 1. The molecule has 0 saturated carbocycles. The SMILES string of the molecule is COC(=O)c1scc(S(C)(=O)=O)c1NS(=O)(=O)c1cc(F)ccc1C. The van der Waals surface area contributed by atoms with Crippen molar-refractivity contribution in [1.29, 1.82) is 0 Å². The van der Waals surface area contributed by atoms with Crippen molar-refractivity contribution in [3.8, 4) is 0 Å². The van der Waals surface area contributed by atoms with Crippen LogP contribution in [-0.4, -0.2) is 36.2 Å². The van der Waals surface area contributed by atoms with Crippen LogP contribution in [0.2, 0.25) is 0 Å². The van der Waals surface area contributed by atoms with Gasteiger partial charge in [0.25, 0.3) is 10.0 Å². The number of halogens is 1. The van der Waals surface area contributed by atoms with Crippen molar-refractivity contribution in [2.24, 2.45) is 0 Å². The molecule has 1 aromatic heterocycles. The highest BCUT2D eigenvalue weighted by Crippen LogP contribution is 2.34. The molecule has 25 heavy (non-hydrogen) atoms. The molecular formula is C14H14FNO6S3. The van der Waals surface area contributed by atoms with E-state index in [0.717, 1.165) is 42.2 Å². The summed E-state index contributed by atoms with van der Waals surface area (Å²) in [5.41, 5.74) is -0.160. The van der Waals surface area contributed by atoms with E-state index in [1.807, 2.05) is 0 Å². The molecule has 2 rings (SSSR count). The van der Waals surface area contributed by atoms with Gasteiger partial charge in [0, 0.05) is 11.6 Å². The predicted molar refractivity (Wildman–Crippen MR) is 90.7 cm³/mol. The van der Waals surface area contributed by atoms with Crippen LogP contribution >= 0.6 is 11.3 Å². The maximum Gasteiger partial charge on any atom is 0.350 e. The van der Waals surface area contributed by atoms with Crippen molar-refractivity contribution in [2.45, 2.75) is 16.7 Å². The van der Waals surface area contributed by atoms with E-state index in [9.17, 15) is 26.0 Å². The molecule has 0 saturated heterocycles. The molecule has 0 bridgehead atoms. The van der Waals surface area contributed by atoms with Gasteiger partial charge in [-0.25, -0.2) is 26.0 Å². The van der Waals surface area contributed by atoms with Gasteiger partial charge >= 0.3 is 5.97 Å². The van der Waals surface area contributed by atoms with Crippen LogP contribution in [0, 0.1) is 12.7 Å². The second kappa shape index (κ2) is 6.73. The number of nitrogens with one attached hydrogen (secondary N) is 1. The Hall–Kier alpha value is -1.98. The Labute approximate surface area is 148 Å². The molecule has 2 aromatic rings. The fourth-order valence-electron chi connectivity index (χ4n) is 2.01. The lowest BCUT2D eigenvalue weighted by Gasteiger charge is -2.12. The molecule has 0 fully saturated rings. The first-order valence-electron chi connectivity index (χ1n) is 6.66. The molecule has 0 amide bonds. The lowest BCUT2D eigenvalue weighted by Crippen LogP contribution is -2.18. The second-order valence-corrected chi connectivity index (χ2v) is 9.60. The van der Waals surface area contributed by atoms with E-state index < -0.39 is 37.3 Å². The van der Waals surface area contributed by atoms with E-state index in [-0.39, 0.29) is 20.2 Å². The zero-order valence-electron chi connectivity index (χ0n) is 13.4. The van der Waals surface area contributed by atoms with E-state index in [1.165, 1.54) is 13.0 Å². The summed E-state index contributed by atoms with van der Waals surface area (Å²) in [5, 5.41) is 1.14. The van der Waals surface area contributed by atoms with Gasteiger partial charge in [0.15, 0.2) is 9.84 Å². The number of thiophene rings is 1. The summed E-state index contributed by atoms with van der Waals surface area (Å²) in [6.07, 6.45) is 0.876. The number of anilines is 1. The van der Waals surface area contributed by atoms with Crippen molar-refractivity contribution in [3.05, 3.63) is 39.8 Å². The van der Waals surface area contributed by atoms with Crippen molar-refractivity contribution < 1.29 is 30.8 Å². The van der Waals surface area contributed by atoms with Crippen LogP contribution in [0.1, 0.15) is 15.2 Å². The molecule has 136 valence electrons. The normalized spacial score (nSPS) is 12.0. The summed E-state index contributed by atoms with van der Waals surface area (Å²) < 4.78 is 69.0. The number of hydrogen-bond acceptors (Lipinski definition) is 7. The van der Waals surface area contributed by atoms with E-state index in [0.29, 0.717) is 0 Å². The average Bonchev–Trinajstić information content (AvgIpc) is 2.91. The largest absolute Gasteiger partial charge is 0.465 e. The van der Waals surface area contributed by atoms with Crippen LogP contribution in [0.25, 0.3) is 0 Å². The molecule has 0 atom stereocenters. The highest BCUT2D eigenvalue weighted by molar-refractivity contribution is 7.93. The summed E-state index contributed by atoms with van der Waals surface area (Å²) in [7, 11) is -7.08. The lowest BCUT2D eigenvalue weighted by atomic mass is 10.2. The van der Waals surface area contributed by atoms with Crippen molar-refractivity contribution >= 4 is 42.9 Å². The molecule has 11 heteroatoms. The molecule has 0 aliphatic carbocycles. The summed E-state index contributed by atoms with van der Waals surface area (Å²) in [5.74, 6) is -1.67. The number of rotatable bonds is 5. The van der Waals surface area contributed by atoms with Gasteiger partial charge in [-0.15, -0.1) is 11.3 Å². The summed E-state index contributed by atoms with van der Waals surface area (Å²) in [4.78, 5) is 10.9. The van der Waals surface area contributed by atoms with Gasteiger partial charge in [-0.05, 0) is 24.6 Å². The van der Waals surface area contributed by atoms with Crippen LogP contribution in [0.4, 0.5) is 10.1 Å². The minimum atomic E-state index is -4.34. The van der Waals surface area contributed by atoms with Crippen molar-refractivity contribution in [3.63, 3.8) is 0 Å². The van der Waals surface area contributed by atoms with E-state index >= 15 is 0 Å². The summed E-state index contributed by atoms with van der Waals surface area (Å²) >= 11 is 0.724.